The summed E-state index contributed by atoms with van der Waals surface area (Å²) in [6, 6.07) is 13.5. The van der Waals surface area contributed by atoms with E-state index in [0.717, 1.165) is 48.4 Å². The molecule has 3 aliphatic rings. The molecule has 0 radical (unpaired) electrons. The topological polar surface area (TPSA) is 88.6 Å². The number of amides is 1. The van der Waals surface area contributed by atoms with Gasteiger partial charge in [-0.25, -0.2) is 9.97 Å². The number of fused-ring (bicyclic) bond motifs is 9. The van der Waals surface area contributed by atoms with E-state index in [0.29, 0.717) is 55.2 Å². The first-order valence-corrected chi connectivity index (χ1v) is 12.3. The van der Waals surface area contributed by atoms with E-state index >= 15 is 0 Å². The lowest BCUT2D eigenvalue weighted by Gasteiger charge is -2.31. The number of anilines is 3. The van der Waals surface area contributed by atoms with Crippen LogP contribution in [0.4, 0.5) is 17.3 Å². The number of carbonyl (C=O) groups is 1. The van der Waals surface area contributed by atoms with Crippen molar-refractivity contribution in [2.45, 2.75) is 19.4 Å². The summed E-state index contributed by atoms with van der Waals surface area (Å²) in [7, 11) is 0. The molecule has 4 heterocycles. The van der Waals surface area contributed by atoms with Gasteiger partial charge in [-0.15, -0.1) is 0 Å². The molecular weight excluding hydrogens is 466 g/mol. The molecule has 2 N–H and O–H groups in total. The summed E-state index contributed by atoms with van der Waals surface area (Å²) >= 11 is 6.42. The van der Waals surface area contributed by atoms with Crippen molar-refractivity contribution in [3.63, 3.8) is 0 Å². The third-order valence-electron chi connectivity index (χ3n) is 6.11. The summed E-state index contributed by atoms with van der Waals surface area (Å²) in [6.07, 6.45) is 3.29. The van der Waals surface area contributed by atoms with Gasteiger partial charge in [-0.2, -0.15) is 0 Å². The van der Waals surface area contributed by atoms with Crippen LogP contribution in [0.25, 0.3) is 11.3 Å². The minimum atomic E-state index is -0.0993. The van der Waals surface area contributed by atoms with Crippen LogP contribution >= 0.6 is 11.6 Å². The summed E-state index contributed by atoms with van der Waals surface area (Å²) in [5, 5.41) is 6.72. The highest BCUT2D eigenvalue weighted by Crippen LogP contribution is 2.30. The van der Waals surface area contributed by atoms with E-state index in [1.165, 1.54) is 0 Å². The van der Waals surface area contributed by atoms with E-state index in [2.05, 4.69) is 37.6 Å². The number of rotatable bonds is 1. The number of nitrogens with zero attached hydrogens (tertiary/aromatic N) is 3. The van der Waals surface area contributed by atoms with Crippen LogP contribution in [-0.4, -0.2) is 55.3 Å². The Kier molecular flexibility index (Phi) is 7.42. The summed E-state index contributed by atoms with van der Waals surface area (Å²) in [6.45, 7) is 4.84. The van der Waals surface area contributed by atoms with Gasteiger partial charge in [-0.1, -0.05) is 23.7 Å². The zero-order valence-corrected chi connectivity index (χ0v) is 20.2. The van der Waals surface area contributed by atoms with Crippen LogP contribution in [0.5, 0.6) is 0 Å². The van der Waals surface area contributed by atoms with Crippen LogP contribution in [-0.2, 0) is 16.1 Å². The summed E-state index contributed by atoms with van der Waals surface area (Å²) in [5.74, 6) is 0.341. The molecule has 6 rings (SSSR count). The van der Waals surface area contributed by atoms with Gasteiger partial charge in [0.15, 0.2) is 0 Å². The molecule has 3 aliphatic heterocycles. The molecule has 1 saturated heterocycles. The molecule has 0 aliphatic carbocycles. The Morgan fingerprint density at radius 3 is 2.57 bits per heavy atom. The Morgan fingerprint density at radius 2 is 1.74 bits per heavy atom. The lowest BCUT2D eigenvalue weighted by molar-refractivity contribution is 0.0946. The van der Waals surface area contributed by atoms with Crippen molar-refractivity contribution in [3.8, 4) is 11.3 Å². The SMILES string of the molecule is O=C1NCCCCOCc2cc(ccc2N2CCOCC2)Nc2ncc(Cl)c(n2)-c2ccc1cc2. The largest absolute Gasteiger partial charge is 0.378 e. The van der Waals surface area contributed by atoms with E-state index in [4.69, 9.17) is 21.1 Å². The number of ether oxygens (including phenoxy) is 2. The van der Waals surface area contributed by atoms with E-state index in [-0.39, 0.29) is 5.91 Å². The van der Waals surface area contributed by atoms with Crippen molar-refractivity contribution in [1.82, 2.24) is 15.3 Å². The quantitative estimate of drug-likeness (QED) is 0.518. The van der Waals surface area contributed by atoms with Gasteiger partial charge in [0.05, 0.1) is 36.7 Å². The van der Waals surface area contributed by atoms with Crippen molar-refractivity contribution < 1.29 is 14.3 Å². The van der Waals surface area contributed by atoms with E-state index < -0.39 is 0 Å². The Labute approximate surface area is 209 Å². The van der Waals surface area contributed by atoms with Gasteiger partial charge in [0.25, 0.3) is 5.91 Å². The van der Waals surface area contributed by atoms with E-state index in [9.17, 15) is 4.79 Å². The molecule has 9 heteroatoms. The highest BCUT2D eigenvalue weighted by Gasteiger charge is 2.17. The van der Waals surface area contributed by atoms with Gasteiger partial charge in [-0.05, 0) is 43.2 Å². The molecule has 35 heavy (non-hydrogen) atoms. The number of aromatic nitrogens is 2. The molecule has 182 valence electrons. The third-order valence-corrected chi connectivity index (χ3v) is 6.39. The summed E-state index contributed by atoms with van der Waals surface area (Å²) in [5.41, 5.74) is 5.12. The molecule has 6 bridgehead atoms. The molecule has 8 nitrogen and oxygen atoms in total. The van der Waals surface area contributed by atoms with Gasteiger partial charge in [0.1, 0.15) is 0 Å². The molecule has 1 amide bonds. The van der Waals surface area contributed by atoms with Crippen LogP contribution in [0, 0.1) is 0 Å². The predicted octanol–water partition coefficient (Wildman–Crippen LogP) is 4.42. The first kappa shape index (κ1) is 23.5. The first-order chi connectivity index (χ1) is 17.2. The molecule has 1 fully saturated rings. The Hall–Kier alpha value is -3.20. The minimum absolute atomic E-state index is 0.0993. The molecular formula is C26H28ClN5O3. The van der Waals surface area contributed by atoms with Crippen molar-refractivity contribution in [3.05, 3.63) is 64.8 Å². The maximum Gasteiger partial charge on any atom is 0.251 e. The van der Waals surface area contributed by atoms with Crippen LogP contribution < -0.4 is 15.5 Å². The minimum Gasteiger partial charge on any atom is -0.378 e. The standard InChI is InChI=1S/C26H28ClN5O3/c27-22-16-29-26-30-21-7-8-23(32-10-13-34-14-11-32)20(15-21)17-35-12-2-1-9-28-25(33)19-5-3-18(4-6-19)24(22)31-26/h3-8,15-16H,1-2,9-14,17H2,(H,28,33)(H,29,30,31). The molecule has 2 aromatic carbocycles. The number of benzene rings is 2. The molecule has 0 atom stereocenters. The molecule has 0 unspecified atom stereocenters. The normalized spacial score (nSPS) is 17.1. The van der Waals surface area contributed by atoms with Gasteiger partial charge < -0.3 is 25.0 Å². The molecule has 0 saturated carbocycles. The van der Waals surface area contributed by atoms with E-state index in [1.54, 1.807) is 18.3 Å². The zero-order chi connectivity index (χ0) is 24.0. The highest BCUT2D eigenvalue weighted by molar-refractivity contribution is 6.32. The van der Waals surface area contributed by atoms with Crippen molar-refractivity contribution in [2.24, 2.45) is 0 Å². The van der Waals surface area contributed by atoms with Crippen molar-refractivity contribution in [1.29, 1.82) is 0 Å². The maximum atomic E-state index is 12.5. The summed E-state index contributed by atoms with van der Waals surface area (Å²) < 4.78 is 11.6. The van der Waals surface area contributed by atoms with Crippen molar-refractivity contribution >= 4 is 34.8 Å². The van der Waals surface area contributed by atoms with Crippen molar-refractivity contribution in [2.75, 3.05) is 49.7 Å². The second-order valence-electron chi connectivity index (χ2n) is 8.55. The Balaban J connectivity index is 1.47. The number of morpholine rings is 1. The number of halogens is 1. The van der Waals surface area contributed by atoms with Crippen LogP contribution in [0.1, 0.15) is 28.8 Å². The van der Waals surface area contributed by atoms with Gasteiger partial charge in [0, 0.05) is 54.3 Å². The number of hydrogen-bond acceptors (Lipinski definition) is 7. The fourth-order valence-corrected chi connectivity index (χ4v) is 4.45. The van der Waals surface area contributed by atoms with Crippen LogP contribution in [0.3, 0.4) is 0 Å². The van der Waals surface area contributed by atoms with Gasteiger partial charge >= 0.3 is 0 Å². The monoisotopic (exact) mass is 493 g/mol. The highest BCUT2D eigenvalue weighted by atomic mass is 35.5. The Morgan fingerprint density at radius 1 is 0.943 bits per heavy atom. The zero-order valence-electron chi connectivity index (χ0n) is 19.4. The van der Waals surface area contributed by atoms with E-state index in [1.807, 2.05) is 18.2 Å². The average molecular weight is 494 g/mol. The Bertz CT molecular complexity index is 1180. The smallest absolute Gasteiger partial charge is 0.251 e. The average Bonchev–Trinajstić information content (AvgIpc) is 2.89. The second-order valence-corrected chi connectivity index (χ2v) is 8.96. The number of hydrogen-bond donors (Lipinski definition) is 2. The lowest BCUT2D eigenvalue weighted by atomic mass is 10.1. The molecule has 0 spiro atoms. The number of carbonyl (C=O) groups excluding carboxylic acids is 1. The van der Waals surface area contributed by atoms with Crippen LogP contribution in [0.2, 0.25) is 5.02 Å². The van der Waals surface area contributed by atoms with Gasteiger partial charge in [-0.3, -0.25) is 4.79 Å². The first-order valence-electron chi connectivity index (χ1n) is 11.9. The lowest BCUT2D eigenvalue weighted by Crippen LogP contribution is -2.36. The molecule has 3 aromatic rings. The fourth-order valence-electron chi connectivity index (χ4n) is 4.25. The second kappa shape index (κ2) is 11.0. The predicted molar refractivity (Wildman–Crippen MR) is 136 cm³/mol. The van der Waals surface area contributed by atoms with Gasteiger partial charge in [0.2, 0.25) is 5.95 Å². The third kappa shape index (κ3) is 5.73. The van der Waals surface area contributed by atoms with Crippen LogP contribution in [0.15, 0.2) is 48.7 Å². The number of nitrogens with one attached hydrogen (secondary N) is 2. The summed E-state index contributed by atoms with van der Waals surface area (Å²) in [4.78, 5) is 23.8. The fraction of sp³-hybridized carbons (Fsp3) is 0.346. The maximum absolute atomic E-state index is 12.5. The molecule has 1 aromatic heterocycles.